The summed E-state index contributed by atoms with van der Waals surface area (Å²) in [6, 6.07) is 0. The van der Waals surface area contributed by atoms with Gasteiger partial charge in [0.1, 0.15) is 5.60 Å². The Kier molecular flexibility index (Phi) is 4.65. The van der Waals surface area contributed by atoms with Gasteiger partial charge in [-0.25, -0.2) is 9.59 Å². The maximum atomic E-state index is 11.7. The summed E-state index contributed by atoms with van der Waals surface area (Å²) < 4.78 is 6.40. The molecule has 0 spiro atoms. The van der Waals surface area contributed by atoms with Crippen LogP contribution in [-0.2, 0) is 16.1 Å². The maximum Gasteiger partial charge on any atom is 0.408 e. The molecule has 1 heterocycles. The molecule has 0 saturated carbocycles. The first-order valence-electron chi connectivity index (χ1n) is 5.94. The molecule has 0 aliphatic rings. The molecule has 0 saturated heterocycles. The molecule has 1 aromatic rings. The van der Waals surface area contributed by atoms with Crippen LogP contribution in [0.4, 0.5) is 4.79 Å². The number of carboxylic acids is 1. The number of amides is 1. The highest BCUT2D eigenvalue weighted by Crippen LogP contribution is 2.13. The SMILES string of the molecule is CC(C)(C)OC(=O)NC(C)(Cn1cc(Cl)cn1)C(=O)O. The van der Waals surface area contributed by atoms with Crippen LogP contribution >= 0.6 is 11.6 Å². The number of nitrogens with one attached hydrogen (secondary N) is 1. The van der Waals surface area contributed by atoms with E-state index in [2.05, 4.69) is 10.4 Å². The number of carbonyl (C=O) groups excluding carboxylic acids is 1. The lowest BCUT2D eigenvalue weighted by molar-refractivity contribution is -0.144. The standard InChI is InChI=1S/C12H18ClN3O4/c1-11(2,3)20-10(19)15-12(4,9(17)18)7-16-6-8(13)5-14-16/h5-6H,7H2,1-4H3,(H,15,19)(H,17,18). The van der Waals surface area contributed by atoms with Crippen molar-refractivity contribution in [1.82, 2.24) is 15.1 Å². The monoisotopic (exact) mass is 303 g/mol. The van der Waals surface area contributed by atoms with Gasteiger partial charge in [0, 0.05) is 6.20 Å². The van der Waals surface area contributed by atoms with Crippen molar-refractivity contribution in [3.05, 3.63) is 17.4 Å². The van der Waals surface area contributed by atoms with Gasteiger partial charge in [0.25, 0.3) is 0 Å². The van der Waals surface area contributed by atoms with E-state index in [0.717, 1.165) is 0 Å². The summed E-state index contributed by atoms with van der Waals surface area (Å²) in [4.78, 5) is 23.1. The minimum Gasteiger partial charge on any atom is -0.479 e. The first kappa shape index (κ1) is 16.3. The van der Waals surface area contributed by atoms with E-state index in [4.69, 9.17) is 16.3 Å². The molecule has 112 valence electrons. The van der Waals surface area contributed by atoms with Crippen LogP contribution in [0.15, 0.2) is 12.4 Å². The number of aliphatic carboxylic acids is 1. The lowest BCUT2D eigenvalue weighted by atomic mass is 10.0. The van der Waals surface area contributed by atoms with E-state index in [-0.39, 0.29) is 6.54 Å². The molecule has 1 aromatic heterocycles. The zero-order valence-corrected chi connectivity index (χ0v) is 12.6. The number of nitrogens with zero attached hydrogens (tertiary/aromatic N) is 2. The largest absolute Gasteiger partial charge is 0.479 e. The minimum absolute atomic E-state index is 0.0751. The third-order valence-electron chi connectivity index (χ3n) is 2.33. The summed E-state index contributed by atoms with van der Waals surface area (Å²) in [5.74, 6) is -1.20. The quantitative estimate of drug-likeness (QED) is 0.886. The van der Waals surface area contributed by atoms with Crippen LogP contribution in [0.2, 0.25) is 5.02 Å². The number of rotatable bonds is 4. The highest BCUT2D eigenvalue weighted by molar-refractivity contribution is 6.30. The molecule has 0 aliphatic carbocycles. The highest BCUT2D eigenvalue weighted by Gasteiger charge is 2.37. The topological polar surface area (TPSA) is 93.5 Å². The van der Waals surface area contributed by atoms with Crippen molar-refractivity contribution in [2.24, 2.45) is 0 Å². The summed E-state index contributed by atoms with van der Waals surface area (Å²) >= 11 is 5.72. The zero-order valence-electron chi connectivity index (χ0n) is 11.8. The lowest BCUT2D eigenvalue weighted by Crippen LogP contribution is -2.56. The molecule has 1 atom stereocenters. The molecule has 20 heavy (non-hydrogen) atoms. The van der Waals surface area contributed by atoms with Crippen molar-refractivity contribution in [2.45, 2.75) is 45.4 Å². The molecule has 1 rings (SSSR count). The Bertz CT molecular complexity index is 509. The third-order valence-corrected chi connectivity index (χ3v) is 2.52. The van der Waals surface area contributed by atoms with Gasteiger partial charge in [-0.15, -0.1) is 0 Å². The molecule has 0 fully saturated rings. The molecule has 0 radical (unpaired) electrons. The van der Waals surface area contributed by atoms with Crippen LogP contribution < -0.4 is 5.32 Å². The van der Waals surface area contributed by atoms with Crippen molar-refractivity contribution in [3.8, 4) is 0 Å². The number of ether oxygens (including phenoxy) is 1. The van der Waals surface area contributed by atoms with Gasteiger partial charge < -0.3 is 15.2 Å². The molecule has 7 nitrogen and oxygen atoms in total. The molecule has 8 heteroatoms. The van der Waals surface area contributed by atoms with Crippen molar-refractivity contribution in [3.63, 3.8) is 0 Å². The second-order valence-electron chi connectivity index (χ2n) is 5.62. The number of aromatic nitrogens is 2. The van der Waals surface area contributed by atoms with E-state index >= 15 is 0 Å². The van der Waals surface area contributed by atoms with E-state index < -0.39 is 23.2 Å². The average Bonchev–Trinajstić information content (AvgIpc) is 2.59. The second kappa shape index (κ2) is 5.70. The van der Waals surface area contributed by atoms with E-state index in [1.807, 2.05) is 0 Å². The van der Waals surface area contributed by atoms with Gasteiger partial charge in [-0.05, 0) is 27.7 Å². The van der Waals surface area contributed by atoms with Gasteiger partial charge in [0.15, 0.2) is 5.54 Å². The predicted molar refractivity (Wildman–Crippen MR) is 72.6 cm³/mol. The zero-order chi connectivity index (χ0) is 15.6. The highest BCUT2D eigenvalue weighted by atomic mass is 35.5. The average molecular weight is 304 g/mol. The molecule has 2 N–H and O–H groups in total. The molecular formula is C12H18ClN3O4. The van der Waals surface area contributed by atoms with Crippen LogP contribution in [0, 0.1) is 0 Å². The summed E-state index contributed by atoms with van der Waals surface area (Å²) in [5, 5.41) is 15.9. The second-order valence-corrected chi connectivity index (χ2v) is 6.06. The lowest BCUT2D eigenvalue weighted by Gasteiger charge is -2.28. The minimum atomic E-state index is -1.56. The van der Waals surface area contributed by atoms with Gasteiger partial charge in [0.05, 0.1) is 17.8 Å². The predicted octanol–water partition coefficient (Wildman–Crippen LogP) is 1.90. The van der Waals surface area contributed by atoms with Crippen LogP contribution in [0.3, 0.4) is 0 Å². The van der Waals surface area contributed by atoms with Gasteiger partial charge in [-0.2, -0.15) is 5.10 Å². The summed E-state index contributed by atoms with van der Waals surface area (Å²) in [6.07, 6.45) is 2.05. The fourth-order valence-corrected chi connectivity index (χ4v) is 1.59. The van der Waals surface area contributed by atoms with Crippen LogP contribution in [0.5, 0.6) is 0 Å². The first-order chi connectivity index (χ1) is 9.02. The fraction of sp³-hybridized carbons (Fsp3) is 0.583. The van der Waals surface area contributed by atoms with Gasteiger partial charge in [-0.3, -0.25) is 4.68 Å². The summed E-state index contributed by atoms with van der Waals surface area (Å²) in [7, 11) is 0. The molecular weight excluding hydrogens is 286 g/mol. The van der Waals surface area contributed by atoms with Crippen molar-refractivity contribution >= 4 is 23.7 Å². The Hall–Kier alpha value is -1.76. The summed E-state index contributed by atoms with van der Waals surface area (Å²) in [5.41, 5.74) is -2.27. The van der Waals surface area contributed by atoms with Crippen LogP contribution in [0.25, 0.3) is 0 Å². The Balaban J connectivity index is 2.82. The number of carbonyl (C=O) groups is 2. The third kappa shape index (κ3) is 4.73. The van der Waals surface area contributed by atoms with E-state index in [0.29, 0.717) is 5.02 Å². The molecule has 0 aliphatic heterocycles. The smallest absolute Gasteiger partial charge is 0.408 e. The van der Waals surface area contributed by atoms with Crippen molar-refractivity contribution < 1.29 is 19.4 Å². The van der Waals surface area contributed by atoms with Gasteiger partial charge in [-0.1, -0.05) is 11.6 Å². The maximum absolute atomic E-state index is 11.7. The Morgan fingerprint density at radius 2 is 2.05 bits per heavy atom. The molecule has 1 amide bonds. The number of halogens is 1. The van der Waals surface area contributed by atoms with E-state index in [1.165, 1.54) is 24.0 Å². The number of carboxylic acid groups (broad SMARTS) is 1. The Morgan fingerprint density at radius 1 is 1.45 bits per heavy atom. The number of hydrogen-bond donors (Lipinski definition) is 2. The van der Waals surface area contributed by atoms with E-state index in [9.17, 15) is 14.7 Å². The molecule has 0 aromatic carbocycles. The van der Waals surface area contributed by atoms with Gasteiger partial charge >= 0.3 is 12.1 Å². The van der Waals surface area contributed by atoms with Crippen LogP contribution in [-0.4, -0.2) is 38.1 Å². The van der Waals surface area contributed by atoms with Gasteiger partial charge in [0.2, 0.25) is 0 Å². The molecule has 1 unspecified atom stereocenters. The Labute approximate surface area is 121 Å². The van der Waals surface area contributed by atoms with Crippen molar-refractivity contribution in [2.75, 3.05) is 0 Å². The van der Waals surface area contributed by atoms with E-state index in [1.54, 1.807) is 20.8 Å². The number of hydrogen-bond acceptors (Lipinski definition) is 4. The van der Waals surface area contributed by atoms with Crippen molar-refractivity contribution in [1.29, 1.82) is 0 Å². The fourth-order valence-electron chi connectivity index (χ4n) is 1.44. The Morgan fingerprint density at radius 3 is 2.45 bits per heavy atom. The normalized spacial score (nSPS) is 14.4. The summed E-state index contributed by atoms with van der Waals surface area (Å²) in [6.45, 7) is 6.37. The first-order valence-corrected chi connectivity index (χ1v) is 6.32. The van der Waals surface area contributed by atoms with Crippen LogP contribution in [0.1, 0.15) is 27.7 Å². The number of alkyl carbamates (subject to hydrolysis) is 1. The molecule has 0 bridgehead atoms.